The van der Waals surface area contributed by atoms with E-state index in [-0.39, 0.29) is 74.9 Å². The Morgan fingerprint density at radius 2 is 0.609 bits per heavy atom. The van der Waals surface area contributed by atoms with E-state index in [1.165, 1.54) is 4.57 Å². The number of nitrogens with one attached hydrogen (secondary N) is 4. The number of nitrogens with two attached hydrogens (primary N) is 4. The zero-order chi connectivity index (χ0) is 104. The fraction of sp³-hybridized carbons (Fsp3) is 0.545. The summed E-state index contributed by atoms with van der Waals surface area (Å²) < 4.78 is 247. The molecule has 13 unspecified atom stereocenters. The average molecular weight is 2290 g/mol. The minimum absolute atomic E-state index is 0.0274. The molecule has 79 nitrogen and oxygen atoms in total. The number of hydrogen-bond acceptors (Lipinski definition) is 48. The van der Waals surface area contributed by atoms with Crippen LogP contribution in [0.25, 0.3) is 44.7 Å². The highest BCUT2D eigenvalue weighted by Crippen LogP contribution is 2.65. The van der Waals surface area contributed by atoms with Gasteiger partial charge in [0, 0.05) is 12.8 Å². The second-order valence-corrected chi connectivity index (χ2v) is 53.5. The second kappa shape index (κ2) is 43.2. The SMILES string of the molecule is Nc1nc2c(ncn2[C@@H]2O[C@H](COP(=O)(O)CP(=O)(O)O)C(O)C2OP(=O)(O)CP(=O)(O)O)c(=O)[nH]1.Nc1nc2c(ncn2[C@@H]2O[C@H](COP(=O)(O)CP(=O)(O)O)C(OP(=O)(O)CP(=O)(O)O)C2O)c(=O)[nH]1.Nc1nc2c(ncn2[C@H]2CC(OP(=O)(O)O)[C@@H](COP(=O)(O)OP(=O)(O)O)O2)c(=O)[nH]1.Nc1nc2c(ncn2[C@H]2CC(OP(=O)(O)OP(=O)(O)O)[C@@H](COP(=O)(O)OP(=O)(O)O)O2)c(=O)[nH]1. The van der Waals surface area contributed by atoms with Gasteiger partial charge in [0.25, 0.3) is 22.2 Å². The van der Waals surface area contributed by atoms with Gasteiger partial charge in [0.15, 0.2) is 80.7 Å². The highest BCUT2D eigenvalue weighted by molar-refractivity contribution is 7.71. The molecule has 37 N–H and O–H groups in total. The van der Waals surface area contributed by atoms with E-state index in [4.69, 9.17) is 134 Å². The van der Waals surface area contributed by atoms with Gasteiger partial charge in [-0.25, -0.2) is 51.9 Å². The molecule has 0 bridgehead atoms. The number of aliphatic hydroxyl groups is 2. The highest BCUT2D eigenvalue weighted by atomic mass is 31.3. The van der Waals surface area contributed by atoms with Gasteiger partial charge in [-0.2, -0.15) is 32.9 Å². The van der Waals surface area contributed by atoms with Crippen molar-refractivity contribution in [2.24, 2.45) is 0 Å². The molecule has 4 aliphatic rings. The molecule has 0 aromatic carbocycles. The minimum atomic E-state index is -5.51. The zero-order valence-electron chi connectivity index (χ0n) is 66.9. The van der Waals surface area contributed by atoms with Crippen LogP contribution in [0.4, 0.5) is 23.8 Å². The Kier molecular flexibility index (Phi) is 36.4. The van der Waals surface area contributed by atoms with E-state index < -0.39 is 280 Å². The van der Waals surface area contributed by atoms with Gasteiger partial charge in [-0.3, -0.25) is 121 Å². The Morgan fingerprint density at radius 3 is 0.942 bits per heavy atom. The lowest BCUT2D eigenvalue weighted by Gasteiger charge is -2.24. The van der Waals surface area contributed by atoms with E-state index in [1.807, 2.05) is 0 Å². The Balaban J connectivity index is 0.000000206. The topological polar surface area (TPSA) is 1260 Å². The smallest absolute Gasteiger partial charge is 0.387 e. The van der Waals surface area contributed by atoms with E-state index in [1.54, 1.807) is 0 Å². The molecule has 0 aliphatic carbocycles. The number of anilines is 4. The number of fused-ring (bicyclic) bond motifs is 4. The molecule has 0 amide bonds. The normalized spacial score (nSPS) is 25.7. The summed E-state index contributed by atoms with van der Waals surface area (Å²) in [6.45, 7) is -4.03. The molecule has 8 aromatic rings. The molecular formula is C44H75N20O59P15. The summed E-state index contributed by atoms with van der Waals surface area (Å²) in [5.41, 5.74) is 17.6. The van der Waals surface area contributed by atoms with Gasteiger partial charge < -0.3 is 174 Å². The third-order valence-corrected chi connectivity index (χ3v) is 37.8. The van der Waals surface area contributed by atoms with Crippen molar-refractivity contribution in [1.29, 1.82) is 0 Å². The Morgan fingerprint density at radius 1 is 0.326 bits per heavy atom. The van der Waals surface area contributed by atoms with Gasteiger partial charge in [-0.05, 0) is 0 Å². The lowest BCUT2D eigenvalue weighted by Crippen LogP contribution is -2.36. The van der Waals surface area contributed by atoms with Crippen molar-refractivity contribution in [2.75, 3.05) is 73.0 Å². The lowest BCUT2D eigenvalue weighted by atomic mass is 10.1. The number of ether oxygens (including phenoxy) is 4. The molecule has 12 rings (SSSR count). The Bertz CT molecular complexity index is 6880. The molecule has 138 heavy (non-hydrogen) atoms. The number of hydrogen-bond donors (Lipinski definition) is 33. The van der Waals surface area contributed by atoms with Crippen molar-refractivity contribution >= 4 is 184 Å². The first-order chi connectivity index (χ1) is 62.5. The number of H-pyrrole nitrogens is 4. The molecule has 4 fully saturated rings. The van der Waals surface area contributed by atoms with Crippen LogP contribution >= 0.6 is 116 Å². The molecule has 4 saturated heterocycles. The van der Waals surface area contributed by atoms with Gasteiger partial charge in [0.2, 0.25) is 23.8 Å². The second-order valence-electron chi connectivity index (χ2n) is 27.9. The van der Waals surface area contributed by atoms with Crippen LogP contribution in [-0.2, 0) is 137 Å². The predicted octanol–water partition coefficient (Wildman–Crippen LogP) is -6.49. The Labute approximate surface area is 757 Å². The van der Waals surface area contributed by atoms with E-state index in [0.29, 0.717) is 0 Å². The van der Waals surface area contributed by atoms with Crippen molar-refractivity contribution in [2.45, 2.75) is 98.8 Å². The number of phosphoric ester groups is 4. The first-order valence-corrected chi connectivity index (χ1v) is 60.4. The van der Waals surface area contributed by atoms with Crippen molar-refractivity contribution in [3.05, 3.63) is 66.7 Å². The van der Waals surface area contributed by atoms with Gasteiger partial charge >= 0.3 is 116 Å². The number of aromatic nitrogens is 16. The number of aliphatic hydroxyl groups excluding tert-OH is 2. The van der Waals surface area contributed by atoms with Crippen LogP contribution in [0.1, 0.15) is 37.8 Å². The maximum absolute atomic E-state index is 12.4. The molecule has 780 valence electrons. The predicted molar refractivity (Wildman–Crippen MR) is 438 cm³/mol. The zero-order valence-corrected chi connectivity index (χ0v) is 80.3. The summed E-state index contributed by atoms with van der Waals surface area (Å²) in [6, 6.07) is 0. The van der Waals surface area contributed by atoms with Crippen LogP contribution in [-0.4, -0.2) is 312 Å². The maximum atomic E-state index is 12.4. The number of rotatable bonds is 38. The molecule has 0 saturated carbocycles. The van der Waals surface area contributed by atoms with Crippen molar-refractivity contribution in [3.63, 3.8) is 0 Å². The summed E-state index contributed by atoms with van der Waals surface area (Å²) in [5, 5.41) is 21.4. The quantitative estimate of drug-likeness (QED) is 0.0160. The largest absolute Gasteiger partial charge is 0.481 e. The van der Waals surface area contributed by atoms with Crippen LogP contribution in [0, 0.1) is 0 Å². The van der Waals surface area contributed by atoms with Crippen LogP contribution in [0.2, 0.25) is 0 Å². The number of imidazole rings is 4. The van der Waals surface area contributed by atoms with Crippen molar-refractivity contribution in [1.82, 2.24) is 78.1 Å². The number of nitrogens with zero attached hydrogens (tertiary/aromatic N) is 12. The monoisotopic (exact) mass is 2290 g/mol. The first-order valence-electron chi connectivity index (χ1n) is 35.5. The van der Waals surface area contributed by atoms with Crippen LogP contribution in [0.3, 0.4) is 0 Å². The van der Waals surface area contributed by atoms with Crippen molar-refractivity contribution < 1.29 is 259 Å². The minimum Gasteiger partial charge on any atom is -0.387 e. The average Bonchev–Trinajstić information content (AvgIpc) is 1.62. The fourth-order valence-electron chi connectivity index (χ4n) is 12.2. The number of aromatic amines is 4. The van der Waals surface area contributed by atoms with Crippen molar-refractivity contribution in [3.8, 4) is 0 Å². The fourth-order valence-corrected chi connectivity index (χ4v) is 28.4. The van der Waals surface area contributed by atoms with Crippen LogP contribution in [0.5, 0.6) is 0 Å². The van der Waals surface area contributed by atoms with E-state index in [0.717, 1.165) is 39.0 Å². The molecule has 0 radical (unpaired) electrons. The van der Waals surface area contributed by atoms with Crippen LogP contribution < -0.4 is 45.2 Å². The van der Waals surface area contributed by atoms with Gasteiger partial charge in [0.05, 0.1) is 51.7 Å². The third-order valence-electron chi connectivity index (χ3n) is 16.8. The van der Waals surface area contributed by atoms with E-state index in [9.17, 15) is 132 Å². The molecule has 8 aromatic heterocycles. The molecule has 21 atom stereocenters. The highest BCUT2D eigenvalue weighted by Gasteiger charge is 2.55. The standard InChI is InChI=1S/2C12H21N5O15P4.C10H17N5O16P4.C10H16N5O13P3/c13-12-15-9-6(10(19)16-12)14-2-17(9)11-7(18)8(32-36(28,29)4-34(23,24)25)5(31-11)1-30-35(26,27)3-33(20,21)22;13-12-15-9-6(10(19)16-12)14-2-17(9)11-8(32-36(28,29)4-34(23,24)25)7(18)5(31-11)1-30-35(26,27)3-33(20,21)22;11-10-13-8-7(9(16)14-10)12-3-15(8)6-1-4(29-35(25,26)31-33(20,21)22)5(28-6)2-27-34(23,24)30-32(17,18)19;11-10-13-8-7(9(16)14-10)12-3-15(8)6-1-4(27-29(17,18)19)5(26-6)2-25-31(23,24)28-30(20,21)22/h2*2,5,7-8,11,18H,1,3-4H2,(H,26,27)(H,28,29)(H2,20,21,22)(H2,23,24,25)(H3,13,15,16,19);3-6H,1-2H2,(H,23,24)(H,25,26)(H2,17,18,19)(H2,20,21,22)(H3,11,13,14,16);3-6H,1-2H2,(H,23,24)(H2,17,18,19)(H2,20,21,22)(H3,11,13,14,16)/t2*5-,7?,8?,11-;2*4?,5-,6-/m1111/s1. The third kappa shape index (κ3) is 34.3. The van der Waals surface area contributed by atoms with E-state index >= 15 is 0 Å². The first kappa shape index (κ1) is 116. The van der Waals surface area contributed by atoms with Gasteiger partial charge in [-0.15, -0.1) is 0 Å². The number of phosphoric acid groups is 7. The van der Waals surface area contributed by atoms with Crippen LogP contribution in [0.15, 0.2) is 44.5 Å². The summed E-state index contributed by atoms with van der Waals surface area (Å²) >= 11 is 0. The molecule has 94 heteroatoms. The molecule has 4 aliphatic heterocycles. The summed E-state index contributed by atoms with van der Waals surface area (Å²) in [5.74, 6) is -7.71. The van der Waals surface area contributed by atoms with E-state index in [2.05, 4.69) is 95.4 Å². The van der Waals surface area contributed by atoms with Gasteiger partial charge in [0.1, 0.15) is 73.5 Å². The Hall–Kier alpha value is -5.55. The lowest BCUT2D eigenvalue weighted by molar-refractivity contribution is -0.0479. The molecule has 12 heterocycles. The summed E-state index contributed by atoms with van der Waals surface area (Å²) in [7, 11) is -77.9. The summed E-state index contributed by atoms with van der Waals surface area (Å²) in [4.78, 5) is 297. The summed E-state index contributed by atoms with van der Waals surface area (Å²) in [6.07, 6.45) is -19.6. The maximum Gasteiger partial charge on any atom is 0.481 e. The number of nitrogen functional groups attached to an aromatic ring is 4. The molecule has 0 spiro atoms. The molecular weight excluding hydrogens is 2220 g/mol. The van der Waals surface area contributed by atoms with Gasteiger partial charge in [-0.1, -0.05) is 0 Å².